The van der Waals surface area contributed by atoms with Crippen molar-refractivity contribution in [2.45, 2.75) is 38.7 Å². The Morgan fingerprint density at radius 2 is 1.86 bits per heavy atom. The second kappa shape index (κ2) is 8.64. The number of carbonyl (C=O) groups is 1. The number of anilines is 1. The molecule has 0 aliphatic carbocycles. The van der Waals surface area contributed by atoms with Crippen molar-refractivity contribution in [3.8, 4) is 0 Å². The molecule has 1 fully saturated rings. The average molecular weight is 397 g/mol. The van der Waals surface area contributed by atoms with E-state index in [-0.39, 0.29) is 11.7 Å². The molecule has 2 aliphatic rings. The number of hydrogen-bond donors (Lipinski definition) is 1. The summed E-state index contributed by atoms with van der Waals surface area (Å²) in [4.78, 5) is 17.0. The first-order chi connectivity index (χ1) is 14.0. The number of rotatable bonds is 4. The summed E-state index contributed by atoms with van der Waals surface area (Å²) in [6, 6.07) is 11.6. The molecule has 1 N–H and O–H groups in total. The molecular formula is C24H29FN2O2. The van der Waals surface area contributed by atoms with Crippen LogP contribution in [-0.4, -0.2) is 42.1 Å². The number of aliphatic hydroxyl groups is 1. The van der Waals surface area contributed by atoms with Crippen LogP contribution in [0.4, 0.5) is 10.1 Å². The first-order valence-electron chi connectivity index (χ1n) is 10.6. The van der Waals surface area contributed by atoms with Crippen LogP contribution >= 0.6 is 0 Å². The number of piperidine rings is 1. The van der Waals surface area contributed by atoms with Crippen molar-refractivity contribution in [3.63, 3.8) is 0 Å². The van der Waals surface area contributed by atoms with Crippen LogP contribution in [0.5, 0.6) is 0 Å². The highest BCUT2D eigenvalue weighted by Gasteiger charge is 2.25. The highest BCUT2D eigenvalue weighted by atomic mass is 19.1. The Labute approximate surface area is 171 Å². The van der Waals surface area contributed by atoms with E-state index < -0.39 is 6.10 Å². The molecule has 0 radical (unpaired) electrons. The Bertz CT molecular complexity index is 860. The van der Waals surface area contributed by atoms with Crippen LogP contribution < -0.4 is 4.90 Å². The molecule has 4 nitrogen and oxygen atoms in total. The third kappa shape index (κ3) is 4.51. The predicted octanol–water partition coefficient (Wildman–Crippen LogP) is 4.18. The topological polar surface area (TPSA) is 43.8 Å². The summed E-state index contributed by atoms with van der Waals surface area (Å²) in [5, 5.41) is 10.8. The van der Waals surface area contributed by atoms with Crippen LogP contribution in [-0.2, 0) is 6.42 Å². The molecule has 2 aromatic carbocycles. The SMILES string of the molecule is CC1CCN(CC(O)c2ccc3c(c2)CCCN3C(=O)c2ccc(F)cc2)CC1. The minimum Gasteiger partial charge on any atom is -0.387 e. The van der Waals surface area contributed by atoms with Gasteiger partial charge in [0.2, 0.25) is 0 Å². The molecule has 2 heterocycles. The maximum atomic E-state index is 13.2. The van der Waals surface area contributed by atoms with E-state index >= 15 is 0 Å². The first kappa shape index (κ1) is 20.0. The van der Waals surface area contributed by atoms with Gasteiger partial charge in [-0.05, 0) is 86.1 Å². The Balaban J connectivity index is 1.49. The lowest BCUT2D eigenvalue weighted by Gasteiger charge is -2.33. The molecule has 4 rings (SSSR count). The van der Waals surface area contributed by atoms with Crippen molar-refractivity contribution in [2.75, 3.05) is 31.1 Å². The van der Waals surface area contributed by atoms with E-state index in [1.54, 1.807) is 4.90 Å². The molecule has 1 amide bonds. The highest BCUT2D eigenvalue weighted by Crippen LogP contribution is 2.31. The van der Waals surface area contributed by atoms with Gasteiger partial charge in [0.1, 0.15) is 5.82 Å². The van der Waals surface area contributed by atoms with E-state index in [0.29, 0.717) is 18.7 Å². The molecule has 29 heavy (non-hydrogen) atoms. The van der Waals surface area contributed by atoms with Crippen LogP contribution in [0.25, 0.3) is 0 Å². The molecule has 2 aliphatic heterocycles. The van der Waals surface area contributed by atoms with Crippen molar-refractivity contribution in [3.05, 3.63) is 65.0 Å². The van der Waals surface area contributed by atoms with Crippen molar-refractivity contribution >= 4 is 11.6 Å². The molecule has 0 saturated carbocycles. The molecule has 1 atom stereocenters. The number of fused-ring (bicyclic) bond motifs is 1. The van der Waals surface area contributed by atoms with Crippen molar-refractivity contribution in [1.82, 2.24) is 4.90 Å². The van der Waals surface area contributed by atoms with Gasteiger partial charge in [-0.1, -0.05) is 19.1 Å². The lowest BCUT2D eigenvalue weighted by atomic mass is 9.95. The summed E-state index contributed by atoms with van der Waals surface area (Å²) in [5.41, 5.74) is 3.39. The molecule has 2 aromatic rings. The first-order valence-corrected chi connectivity index (χ1v) is 10.6. The summed E-state index contributed by atoms with van der Waals surface area (Å²) in [5.74, 6) is 0.320. The van der Waals surface area contributed by atoms with Gasteiger partial charge in [-0.3, -0.25) is 4.79 Å². The van der Waals surface area contributed by atoms with Gasteiger partial charge in [-0.2, -0.15) is 0 Å². The number of aryl methyl sites for hydroxylation is 1. The Morgan fingerprint density at radius 3 is 2.59 bits per heavy atom. The Kier molecular flexibility index (Phi) is 5.97. The molecule has 0 bridgehead atoms. The number of carbonyl (C=O) groups excluding carboxylic acids is 1. The van der Waals surface area contributed by atoms with E-state index in [2.05, 4.69) is 17.9 Å². The highest BCUT2D eigenvalue weighted by molar-refractivity contribution is 6.06. The zero-order valence-corrected chi connectivity index (χ0v) is 17.0. The number of benzene rings is 2. The maximum absolute atomic E-state index is 13.2. The van der Waals surface area contributed by atoms with E-state index in [4.69, 9.17) is 0 Å². The monoisotopic (exact) mass is 396 g/mol. The third-order valence-corrected chi connectivity index (χ3v) is 6.25. The standard InChI is InChI=1S/C24H29FN2O2/c1-17-10-13-26(14-11-17)16-23(28)20-6-9-22-19(15-20)3-2-12-27(22)24(29)18-4-7-21(25)8-5-18/h4-9,15,17,23,28H,2-3,10-14,16H2,1H3. The molecular weight excluding hydrogens is 367 g/mol. The molecule has 0 spiro atoms. The number of aliphatic hydroxyl groups excluding tert-OH is 1. The van der Waals surface area contributed by atoms with Crippen molar-refractivity contribution in [1.29, 1.82) is 0 Å². The predicted molar refractivity (Wildman–Crippen MR) is 113 cm³/mol. The number of β-amino-alcohol motifs (C(OH)–C–C–N with tert-alkyl or cyclic N) is 1. The zero-order valence-electron chi connectivity index (χ0n) is 17.0. The number of nitrogens with zero attached hydrogens (tertiary/aromatic N) is 2. The summed E-state index contributed by atoms with van der Waals surface area (Å²) in [6.07, 6.45) is 3.64. The number of hydrogen-bond acceptors (Lipinski definition) is 3. The van der Waals surface area contributed by atoms with Crippen LogP contribution in [0.1, 0.15) is 53.8 Å². The quantitative estimate of drug-likeness (QED) is 0.843. The molecule has 1 saturated heterocycles. The minimum absolute atomic E-state index is 0.110. The summed E-state index contributed by atoms with van der Waals surface area (Å²) >= 11 is 0. The van der Waals surface area contributed by atoms with Crippen LogP contribution in [0.2, 0.25) is 0 Å². The number of amides is 1. The van der Waals surface area contributed by atoms with Gasteiger partial charge in [-0.15, -0.1) is 0 Å². The summed E-state index contributed by atoms with van der Waals surface area (Å²) in [7, 11) is 0. The van der Waals surface area contributed by atoms with E-state index in [1.165, 1.54) is 37.1 Å². The Morgan fingerprint density at radius 1 is 1.14 bits per heavy atom. The van der Waals surface area contributed by atoms with Crippen LogP contribution in [0.3, 0.4) is 0 Å². The molecule has 1 unspecified atom stereocenters. The van der Waals surface area contributed by atoms with E-state index in [0.717, 1.165) is 48.7 Å². The Hall–Kier alpha value is -2.24. The fourth-order valence-corrected chi connectivity index (χ4v) is 4.38. The minimum atomic E-state index is -0.517. The fraction of sp³-hybridized carbons (Fsp3) is 0.458. The molecule has 5 heteroatoms. The fourth-order valence-electron chi connectivity index (χ4n) is 4.38. The van der Waals surface area contributed by atoms with Gasteiger partial charge in [0.15, 0.2) is 0 Å². The lowest BCUT2D eigenvalue weighted by molar-refractivity contribution is 0.0915. The van der Waals surface area contributed by atoms with Gasteiger partial charge < -0.3 is 14.9 Å². The second-order valence-corrected chi connectivity index (χ2v) is 8.45. The summed E-state index contributed by atoms with van der Waals surface area (Å²) in [6.45, 7) is 5.68. The normalized spacial score (nSPS) is 19.1. The number of halogens is 1. The van der Waals surface area contributed by atoms with Crippen molar-refractivity contribution in [2.24, 2.45) is 5.92 Å². The zero-order chi connectivity index (χ0) is 20.4. The van der Waals surface area contributed by atoms with E-state index in [9.17, 15) is 14.3 Å². The van der Waals surface area contributed by atoms with E-state index in [1.807, 2.05) is 12.1 Å². The second-order valence-electron chi connectivity index (χ2n) is 8.45. The van der Waals surface area contributed by atoms with Gasteiger partial charge >= 0.3 is 0 Å². The average Bonchev–Trinajstić information content (AvgIpc) is 2.74. The summed E-state index contributed by atoms with van der Waals surface area (Å²) < 4.78 is 13.2. The van der Waals surface area contributed by atoms with Gasteiger partial charge in [0, 0.05) is 24.3 Å². The molecule has 154 valence electrons. The van der Waals surface area contributed by atoms with Gasteiger partial charge in [-0.25, -0.2) is 4.39 Å². The largest absolute Gasteiger partial charge is 0.387 e. The van der Waals surface area contributed by atoms with Crippen LogP contribution in [0.15, 0.2) is 42.5 Å². The third-order valence-electron chi connectivity index (χ3n) is 6.25. The van der Waals surface area contributed by atoms with Crippen molar-refractivity contribution < 1.29 is 14.3 Å². The van der Waals surface area contributed by atoms with Crippen LogP contribution in [0, 0.1) is 11.7 Å². The number of likely N-dealkylation sites (tertiary alicyclic amines) is 1. The van der Waals surface area contributed by atoms with Gasteiger partial charge in [0.05, 0.1) is 6.10 Å². The van der Waals surface area contributed by atoms with Gasteiger partial charge in [0.25, 0.3) is 5.91 Å². The molecule has 0 aromatic heterocycles. The lowest BCUT2D eigenvalue weighted by Crippen LogP contribution is -2.36. The smallest absolute Gasteiger partial charge is 0.258 e. The maximum Gasteiger partial charge on any atom is 0.258 e.